The number of hydrogen-bond acceptors (Lipinski definition) is 4. The molecule has 2 rings (SSSR count). The standard InChI is InChI=1S/C13H19N3O2/c1-2-10-3-4-11(15-7-10)8-16-5-6-18-12(9-16)13(14)17/h3-4,7,12H,2,5-6,8-9H2,1H3,(H2,14,17)/t12-/m1/s1. The Morgan fingerprint density at radius 3 is 3.06 bits per heavy atom. The van der Waals surface area contributed by atoms with Gasteiger partial charge in [0, 0.05) is 25.8 Å². The van der Waals surface area contributed by atoms with E-state index in [1.165, 1.54) is 5.56 Å². The molecule has 98 valence electrons. The van der Waals surface area contributed by atoms with Gasteiger partial charge in [-0.2, -0.15) is 0 Å². The van der Waals surface area contributed by atoms with Crippen molar-refractivity contribution in [3.05, 3.63) is 29.6 Å². The van der Waals surface area contributed by atoms with Crippen molar-refractivity contribution in [3.8, 4) is 0 Å². The van der Waals surface area contributed by atoms with Gasteiger partial charge in [-0.3, -0.25) is 14.7 Å². The molecule has 0 aromatic carbocycles. The van der Waals surface area contributed by atoms with Crippen LogP contribution in [-0.2, 0) is 22.5 Å². The number of nitrogens with two attached hydrogens (primary N) is 1. The number of rotatable bonds is 4. The molecule has 2 N–H and O–H groups in total. The van der Waals surface area contributed by atoms with Crippen LogP contribution in [0.2, 0.25) is 0 Å². The highest BCUT2D eigenvalue weighted by Crippen LogP contribution is 2.09. The van der Waals surface area contributed by atoms with E-state index in [-0.39, 0.29) is 0 Å². The van der Waals surface area contributed by atoms with Crippen molar-refractivity contribution in [1.29, 1.82) is 0 Å². The minimum absolute atomic E-state index is 0.394. The molecule has 1 amide bonds. The van der Waals surface area contributed by atoms with E-state index in [0.29, 0.717) is 13.2 Å². The first-order valence-corrected chi connectivity index (χ1v) is 6.26. The van der Waals surface area contributed by atoms with Crippen molar-refractivity contribution in [1.82, 2.24) is 9.88 Å². The minimum atomic E-state index is -0.492. The van der Waals surface area contributed by atoms with Gasteiger partial charge in [-0.15, -0.1) is 0 Å². The number of hydrogen-bond donors (Lipinski definition) is 1. The van der Waals surface area contributed by atoms with E-state index in [9.17, 15) is 4.79 Å². The number of amides is 1. The van der Waals surface area contributed by atoms with Crippen LogP contribution in [0.5, 0.6) is 0 Å². The molecule has 5 nitrogen and oxygen atoms in total. The molecule has 18 heavy (non-hydrogen) atoms. The summed E-state index contributed by atoms with van der Waals surface area (Å²) in [5.74, 6) is -0.394. The Balaban J connectivity index is 1.93. The van der Waals surface area contributed by atoms with Crippen LogP contribution in [0, 0.1) is 0 Å². The summed E-state index contributed by atoms with van der Waals surface area (Å²) < 4.78 is 5.31. The lowest BCUT2D eigenvalue weighted by Gasteiger charge is -2.30. The maximum atomic E-state index is 11.1. The van der Waals surface area contributed by atoms with Gasteiger partial charge in [0.2, 0.25) is 5.91 Å². The maximum Gasteiger partial charge on any atom is 0.247 e. The van der Waals surface area contributed by atoms with E-state index in [1.807, 2.05) is 12.3 Å². The SMILES string of the molecule is CCc1ccc(CN2CCO[C@@H](C(N)=O)C2)nc1. The molecule has 5 heteroatoms. The highest BCUT2D eigenvalue weighted by Gasteiger charge is 2.24. The monoisotopic (exact) mass is 249 g/mol. The van der Waals surface area contributed by atoms with E-state index in [2.05, 4.69) is 22.9 Å². The predicted molar refractivity (Wildman–Crippen MR) is 67.8 cm³/mol. The van der Waals surface area contributed by atoms with E-state index < -0.39 is 12.0 Å². The largest absolute Gasteiger partial charge is 0.367 e. The molecule has 2 heterocycles. The summed E-state index contributed by atoms with van der Waals surface area (Å²) in [6, 6.07) is 4.13. The summed E-state index contributed by atoms with van der Waals surface area (Å²) in [6.45, 7) is 4.74. The summed E-state index contributed by atoms with van der Waals surface area (Å²) in [7, 11) is 0. The fraction of sp³-hybridized carbons (Fsp3) is 0.538. The molecule has 1 aliphatic heterocycles. The molecule has 0 radical (unpaired) electrons. The number of primary amides is 1. The third-order valence-electron chi connectivity index (χ3n) is 3.15. The van der Waals surface area contributed by atoms with Gasteiger partial charge in [-0.1, -0.05) is 13.0 Å². The molecule has 1 aromatic heterocycles. The lowest BCUT2D eigenvalue weighted by Crippen LogP contribution is -2.48. The zero-order valence-electron chi connectivity index (χ0n) is 10.6. The molecule has 1 atom stereocenters. The van der Waals surface area contributed by atoms with Gasteiger partial charge < -0.3 is 10.5 Å². The van der Waals surface area contributed by atoms with Crippen molar-refractivity contribution in [2.24, 2.45) is 5.73 Å². The summed E-state index contributed by atoms with van der Waals surface area (Å²) in [4.78, 5) is 17.7. The average Bonchev–Trinajstić information content (AvgIpc) is 2.40. The number of morpholine rings is 1. The summed E-state index contributed by atoms with van der Waals surface area (Å²) in [6.07, 6.45) is 2.41. The van der Waals surface area contributed by atoms with Gasteiger partial charge in [0.15, 0.2) is 0 Å². The van der Waals surface area contributed by atoms with Crippen LogP contribution >= 0.6 is 0 Å². The van der Waals surface area contributed by atoms with Gasteiger partial charge >= 0.3 is 0 Å². The van der Waals surface area contributed by atoms with Crippen LogP contribution in [0.3, 0.4) is 0 Å². The molecule has 1 fully saturated rings. The first-order valence-electron chi connectivity index (χ1n) is 6.26. The van der Waals surface area contributed by atoms with Gasteiger partial charge in [0.25, 0.3) is 0 Å². The van der Waals surface area contributed by atoms with Crippen molar-refractivity contribution in [2.75, 3.05) is 19.7 Å². The molecule has 1 saturated heterocycles. The smallest absolute Gasteiger partial charge is 0.247 e. The van der Waals surface area contributed by atoms with E-state index in [4.69, 9.17) is 10.5 Å². The Morgan fingerprint density at radius 1 is 1.61 bits per heavy atom. The molecular weight excluding hydrogens is 230 g/mol. The summed E-state index contributed by atoms with van der Waals surface area (Å²) in [5, 5.41) is 0. The number of nitrogens with zero attached hydrogens (tertiary/aromatic N) is 2. The Labute approximate surface area is 107 Å². The summed E-state index contributed by atoms with van der Waals surface area (Å²) >= 11 is 0. The van der Waals surface area contributed by atoms with Crippen LogP contribution in [-0.4, -0.2) is 41.6 Å². The van der Waals surface area contributed by atoms with E-state index >= 15 is 0 Å². The van der Waals surface area contributed by atoms with Crippen molar-refractivity contribution >= 4 is 5.91 Å². The first kappa shape index (κ1) is 13.0. The number of carbonyl (C=O) groups is 1. The Kier molecular flexibility index (Phi) is 4.28. The zero-order valence-corrected chi connectivity index (χ0v) is 10.6. The Morgan fingerprint density at radius 2 is 2.44 bits per heavy atom. The molecule has 0 saturated carbocycles. The average molecular weight is 249 g/mol. The lowest BCUT2D eigenvalue weighted by atomic mass is 10.2. The number of aromatic nitrogens is 1. The second kappa shape index (κ2) is 5.93. The molecule has 0 unspecified atom stereocenters. The zero-order chi connectivity index (χ0) is 13.0. The molecule has 0 bridgehead atoms. The predicted octanol–water partition coefficient (Wildman–Crippen LogP) is 0.330. The van der Waals surface area contributed by atoms with Crippen LogP contribution in [0.1, 0.15) is 18.2 Å². The minimum Gasteiger partial charge on any atom is -0.367 e. The maximum absolute atomic E-state index is 11.1. The van der Waals surface area contributed by atoms with Crippen molar-refractivity contribution < 1.29 is 9.53 Å². The van der Waals surface area contributed by atoms with Gasteiger partial charge in [-0.25, -0.2) is 0 Å². The highest BCUT2D eigenvalue weighted by atomic mass is 16.5. The highest BCUT2D eigenvalue weighted by molar-refractivity contribution is 5.79. The second-order valence-corrected chi connectivity index (χ2v) is 4.51. The first-order chi connectivity index (χ1) is 8.69. The van der Waals surface area contributed by atoms with E-state index in [0.717, 1.165) is 25.2 Å². The van der Waals surface area contributed by atoms with E-state index in [1.54, 1.807) is 0 Å². The third kappa shape index (κ3) is 3.27. The number of aryl methyl sites for hydroxylation is 1. The number of pyridine rings is 1. The topological polar surface area (TPSA) is 68.5 Å². The Bertz CT molecular complexity index is 405. The van der Waals surface area contributed by atoms with Gasteiger partial charge in [0.1, 0.15) is 6.10 Å². The van der Waals surface area contributed by atoms with Crippen LogP contribution in [0.4, 0.5) is 0 Å². The van der Waals surface area contributed by atoms with Crippen LogP contribution in [0.25, 0.3) is 0 Å². The van der Waals surface area contributed by atoms with Crippen molar-refractivity contribution in [3.63, 3.8) is 0 Å². The molecule has 0 spiro atoms. The van der Waals surface area contributed by atoms with Crippen molar-refractivity contribution in [2.45, 2.75) is 26.0 Å². The van der Waals surface area contributed by atoms with Gasteiger partial charge in [-0.05, 0) is 18.1 Å². The molecule has 1 aliphatic rings. The summed E-state index contributed by atoms with van der Waals surface area (Å²) in [5.41, 5.74) is 7.50. The van der Waals surface area contributed by atoms with Crippen LogP contribution < -0.4 is 5.73 Å². The fourth-order valence-electron chi connectivity index (χ4n) is 2.01. The molecular formula is C13H19N3O2. The lowest BCUT2D eigenvalue weighted by molar-refractivity contribution is -0.135. The normalized spacial score (nSPS) is 20.8. The number of ether oxygens (including phenoxy) is 1. The molecule has 0 aliphatic carbocycles. The Hall–Kier alpha value is -1.46. The third-order valence-corrected chi connectivity index (χ3v) is 3.15. The van der Waals surface area contributed by atoms with Crippen LogP contribution in [0.15, 0.2) is 18.3 Å². The van der Waals surface area contributed by atoms with Gasteiger partial charge in [0.05, 0.1) is 12.3 Å². The molecule has 1 aromatic rings. The second-order valence-electron chi connectivity index (χ2n) is 4.51. The quantitative estimate of drug-likeness (QED) is 0.835. The number of carbonyl (C=O) groups excluding carboxylic acids is 1. The fourth-order valence-corrected chi connectivity index (χ4v) is 2.01.